The predicted octanol–water partition coefficient (Wildman–Crippen LogP) is 4.88. The number of aryl methyl sites for hydroxylation is 1. The quantitative estimate of drug-likeness (QED) is 0.662. The molecule has 2 rings (SSSR count). The van der Waals surface area contributed by atoms with E-state index in [1.165, 1.54) is 0 Å². The first kappa shape index (κ1) is 16.3. The standard InChI is InChI=1S/C16H15BrINO2/c1-3-10-8-12(18)5-6-14(10)19-16(20)13-9-11(17)4-7-15(13)21-2/h4-9H,3H2,1-2H3,(H,19,20). The van der Waals surface area contributed by atoms with E-state index in [4.69, 9.17) is 4.74 Å². The van der Waals surface area contributed by atoms with Gasteiger partial charge in [0.1, 0.15) is 5.75 Å². The zero-order valence-corrected chi connectivity index (χ0v) is 15.5. The van der Waals surface area contributed by atoms with Crippen molar-refractivity contribution in [2.75, 3.05) is 12.4 Å². The van der Waals surface area contributed by atoms with Crippen molar-refractivity contribution >= 4 is 50.1 Å². The van der Waals surface area contributed by atoms with Crippen LogP contribution in [0.25, 0.3) is 0 Å². The molecule has 0 unspecified atom stereocenters. The molecular weight excluding hydrogens is 445 g/mol. The summed E-state index contributed by atoms with van der Waals surface area (Å²) in [5.74, 6) is 0.378. The summed E-state index contributed by atoms with van der Waals surface area (Å²) >= 11 is 5.65. The number of methoxy groups -OCH3 is 1. The van der Waals surface area contributed by atoms with E-state index in [-0.39, 0.29) is 5.91 Å². The van der Waals surface area contributed by atoms with E-state index in [0.29, 0.717) is 11.3 Å². The van der Waals surface area contributed by atoms with E-state index in [9.17, 15) is 4.79 Å². The van der Waals surface area contributed by atoms with Crippen LogP contribution in [0.15, 0.2) is 40.9 Å². The van der Waals surface area contributed by atoms with Crippen LogP contribution < -0.4 is 10.1 Å². The summed E-state index contributed by atoms with van der Waals surface area (Å²) in [5.41, 5.74) is 2.46. The van der Waals surface area contributed by atoms with Crippen molar-refractivity contribution in [2.45, 2.75) is 13.3 Å². The minimum atomic E-state index is -0.177. The first-order valence-electron chi connectivity index (χ1n) is 6.48. The Morgan fingerprint density at radius 3 is 2.71 bits per heavy atom. The van der Waals surface area contributed by atoms with Crippen molar-refractivity contribution in [1.29, 1.82) is 0 Å². The molecule has 1 amide bonds. The zero-order chi connectivity index (χ0) is 15.4. The molecule has 0 saturated carbocycles. The zero-order valence-electron chi connectivity index (χ0n) is 11.7. The van der Waals surface area contributed by atoms with E-state index in [2.05, 4.69) is 56.8 Å². The molecule has 0 radical (unpaired) electrons. The summed E-state index contributed by atoms with van der Waals surface area (Å²) in [6.07, 6.45) is 0.863. The molecule has 0 atom stereocenters. The molecule has 0 spiro atoms. The molecule has 1 N–H and O–H groups in total. The monoisotopic (exact) mass is 459 g/mol. The van der Waals surface area contributed by atoms with Gasteiger partial charge >= 0.3 is 0 Å². The SMILES string of the molecule is CCc1cc(I)ccc1NC(=O)c1cc(Br)ccc1OC. The second kappa shape index (κ2) is 7.26. The Bertz CT molecular complexity index is 673. The molecule has 0 aromatic heterocycles. The van der Waals surface area contributed by atoms with Gasteiger partial charge in [0, 0.05) is 13.7 Å². The number of benzene rings is 2. The van der Waals surface area contributed by atoms with Gasteiger partial charge in [-0.1, -0.05) is 22.9 Å². The largest absolute Gasteiger partial charge is 0.496 e. The fourth-order valence-electron chi connectivity index (χ4n) is 2.02. The summed E-state index contributed by atoms with van der Waals surface area (Å²) in [6, 6.07) is 11.4. The number of hydrogen-bond acceptors (Lipinski definition) is 2. The lowest BCUT2D eigenvalue weighted by molar-refractivity contribution is 0.102. The molecule has 0 fully saturated rings. The van der Waals surface area contributed by atoms with E-state index in [0.717, 1.165) is 25.7 Å². The molecule has 5 heteroatoms. The van der Waals surface area contributed by atoms with Crippen molar-refractivity contribution in [3.05, 3.63) is 55.6 Å². The number of carbonyl (C=O) groups is 1. The van der Waals surface area contributed by atoms with Gasteiger partial charge in [-0.05, 0) is 71.0 Å². The second-order valence-electron chi connectivity index (χ2n) is 4.45. The molecule has 110 valence electrons. The minimum absolute atomic E-state index is 0.177. The number of amides is 1. The maximum absolute atomic E-state index is 12.5. The van der Waals surface area contributed by atoms with Crippen LogP contribution in [0.4, 0.5) is 5.69 Å². The lowest BCUT2D eigenvalue weighted by Gasteiger charge is -2.12. The molecule has 3 nitrogen and oxygen atoms in total. The Balaban J connectivity index is 2.32. The van der Waals surface area contributed by atoms with E-state index in [1.54, 1.807) is 19.2 Å². The van der Waals surface area contributed by atoms with Crippen molar-refractivity contribution in [1.82, 2.24) is 0 Å². The fraction of sp³-hybridized carbons (Fsp3) is 0.188. The fourth-order valence-corrected chi connectivity index (χ4v) is 2.94. The number of rotatable bonds is 4. The first-order valence-corrected chi connectivity index (χ1v) is 8.35. The van der Waals surface area contributed by atoms with Gasteiger partial charge < -0.3 is 10.1 Å². The highest BCUT2D eigenvalue weighted by Gasteiger charge is 2.14. The Morgan fingerprint density at radius 2 is 2.05 bits per heavy atom. The smallest absolute Gasteiger partial charge is 0.259 e. The van der Waals surface area contributed by atoms with Crippen molar-refractivity contribution in [3.8, 4) is 5.75 Å². The summed E-state index contributed by atoms with van der Waals surface area (Å²) in [7, 11) is 1.56. The number of hydrogen-bond donors (Lipinski definition) is 1. The normalized spacial score (nSPS) is 10.3. The number of ether oxygens (including phenoxy) is 1. The van der Waals surface area contributed by atoms with Crippen LogP contribution in [0, 0.1) is 3.57 Å². The first-order chi connectivity index (χ1) is 10.0. The van der Waals surface area contributed by atoms with Gasteiger partial charge in [0.15, 0.2) is 0 Å². The minimum Gasteiger partial charge on any atom is -0.496 e. The van der Waals surface area contributed by atoms with Crippen LogP contribution in [-0.2, 0) is 6.42 Å². The molecule has 2 aromatic carbocycles. The Labute approximate surface area is 146 Å². The molecule has 0 aliphatic carbocycles. The Hall–Kier alpha value is -1.08. The van der Waals surface area contributed by atoms with E-state index in [1.807, 2.05) is 18.2 Å². The van der Waals surface area contributed by atoms with Crippen LogP contribution >= 0.6 is 38.5 Å². The number of carbonyl (C=O) groups excluding carboxylic acids is 1. The summed E-state index contributed by atoms with van der Waals surface area (Å²) in [6.45, 7) is 2.07. The Kier molecular flexibility index (Phi) is 5.64. The van der Waals surface area contributed by atoms with Crippen LogP contribution in [0.2, 0.25) is 0 Å². The maximum atomic E-state index is 12.5. The maximum Gasteiger partial charge on any atom is 0.259 e. The molecule has 0 aliphatic heterocycles. The van der Waals surface area contributed by atoms with Gasteiger partial charge in [-0.2, -0.15) is 0 Å². The average molecular weight is 460 g/mol. The lowest BCUT2D eigenvalue weighted by atomic mass is 10.1. The summed E-state index contributed by atoms with van der Waals surface area (Å²) in [5, 5.41) is 2.96. The molecule has 0 saturated heterocycles. The van der Waals surface area contributed by atoms with Gasteiger partial charge in [0.05, 0.1) is 12.7 Å². The molecule has 0 heterocycles. The van der Waals surface area contributed by atoms with Crippen molar-refractivity contribution < 1.29 is 9.53 Å². The molecule has 0 aliphatic rings. The average Bonchev–Trinajstić information content (AvgIpc) is 2.48. The topological polar surface area (TPSA) is 38.3 Å². The predicted molar refractivity (Wildman–Crippen MR) is 97.2 cm³/mol. The Morgan fingerprint density at radius 1 is 1.29 bits per heavy atom. The third kappa shape index (κ3) is 3.97. The number of halogens is 2. The highest BCUT2D eigenvalue weighted by atomic mass is 127. The van der Waals surface area contributed by atoms with E-state index < -0.39 is 0 Å². The van der Waals surface area contributed by atoms with Crippen LogP contribution in [0.3, 0.4) is 0 Å². The van der Waals surface area contributed by atoms with Gasteiger partial charge in [-0.3, -0.25) is 4.79 Å². The third-order valence-corrected chi connectivity index (χ3v) is 4.27. The van der Waals surface area contributed by atoms with Crippen LogP contribution in [0.5, 0.6) is 5.75 Å². The van der Waals surface area contributed by atoms with E-state index >= 15 is 0 Å². The lowest BCUT2D eigenvalue weighted by Crippen LogP contribution is -2.14. The summed E-state index contributed by atoms with van der Waals surface area (Å²) < 4.78 is 7.25. The second-order valence-corrected chi connectivity index (χ2v) is 6.62. The van der Waals surface area contributed by atoms with Crippen molar-refractivity contribution in [3.63, 3.8) is 0 Å². The molecule has 21 heavy (non-hydrogen) atoms. The molecule has 2 aromatic rings. The highest BCUT2D eigenvalue weighted by molar-refractivity contribution is 14.1. The van der Waals surface area contributed by atoms with Crippen LogP contribution in [-0.4, -0.2) is 13.0 Å². The van der Waals surface area contributed by atoms with Gasteiger partial charge in [0.2, 0.25) is 0 Å². The summed E-state index contributed by atoms with van der Waals surface area (Å²) in [4.78, 5) is 12.5. The van der Waals surface area contributed by atoms with Crippen LogP contribution in [0.1, 0.15) is 22.8 Å². The number of anilines is 1. The van der Waals surface area contributed by atoms with Gasteiger partial charge in [0.25, 0.3) is 5.91 Å². The van der Waals surface area contributed by atoms with Crippen molar-refractivity contribution in [2.24, 2.45) is 0 Å². The molecular formula is C16H15BrINO2. The van der Waals surface area contributed by atoms with Gasteiger partial charge in [-0.15, -0.1) is 0 Å². The van der Waals surface area contributed by atoms with Gasteiger partial charge in [-0.25, -0.2) is 0 Å². The molecule has 0 bridgehead atoms. The third-order valence-electron chi connectivity index (χ3n) is 3.10. The number of nitrogens with one attached hydrogen (secondary N) is 1. The highest BCUT2D eigenvalue weighted by Crippen LogP contribution is 2.25.